The number of thiophene rings is 2. The summed E-state index contributed by atoms with van der Waals surface area (Å²) in [6, 6.07) is 48.2. The van der Waals surface area contributed by atoms with Crippen LogP contribution in [0.2, 0.25) is 0 Å². The molecule has 0 saturated carbocycles. The summed E-state index contributed by atoms with van der Waals surface area (Å²) in [5.41, 5.74) is 20.2. The summed E-state index contributed by atoms with van der Waals surface area (Å²) in [5.74, 6) is 0. The van der Waals surface area contributed by atoms with E-state index in [0.717, 1.165) is 0 Å². The topological polar surface area (TPSA) is 8.17 Å². The minimum Gasteiger partial charge on any atom is -0.376 e. The van der Waals surface area contributed by atoms with Crippen LogP contribution in [-0.4, -0.2) is 11.4 Å². The molecule has 3 aromatic heterocycles. The molecule has 0 unspecified atom stereocenters. The number of fused-ring (bicyclic) bond motifs is 17. The molecule has 0 fully saturated rings. The van der Waals surface area contributed by atoms with Crippen LogP contribution >= 0.6 is 22.7 Å². The number of anilines is 2. The first kappa shape index (κ1) is 41.6. The van der Waals surface area contributed by atoms with Gasteiger partial charge >= 0.3 is 6.85 Å². The van der Waals surface area contributed by atoms with Gasteiger partial charge in [-0.15, -0.1) is 22.7 Å². The normalized spacial score (nSPS) is 16.0. The summed E-state index contributed by atoms with van der Waals surface area (Å²) in [6.45, 7) is 30.9. The van der Waals surface area contributed by atoms with Crippen molar-refractivity contribution in [1.82, 2.24) is 4.57 Å². The minimum absolute atomic E-state index is 0.00308. The average Bonchev–Trinajstić information content (AvgIpc) is 3.96. The summed E-state index contributed by atoms with van der Waals surface area (Å²) in [5, 5.41) is 6.86. The Morgan fingerprint density at radius 3 is 1.73 bits per heavy atom. The van der Waals surface area contributed by atoms with Crippen molar-refractivity contribution in [3.63, 3.8) is 0 Å². The summed E-state index contributed by atoms with van der Waals surface area (Å²) in [6.07, 6.45) is 0. The molecule has 0 amide bonds. The lowest BCUT2D eigenvalue weighted by atomic mass is 9.46. The molecule has 3 aliphatic rings. The van der Waals surface area contributed by atoms with E-state index in [9.17, 15) is 0 Å². The zero-order chi connectivity index (χ0) is 46.6. The fraction of sp³-hybridized carbons (Fsp3) is 0.290. The largest absolute Gasteiger partial charge is 0.376 e. The first-order valence-corrected chi connectivity index (χ1v) is 26.0. The molecule has 5 heterocycles. The summed E-state index contributed by atoms with van der Waals surface area (Å²) in [7, 11) is 0. The van der Waals surface area contributed by atoms with Gasteiger partial charge < -0.3 is 9.38 Å². The van der Waals surface area contributed by atoms with Gasteiger partial charge in [0.05, 0.1) is 16.7 Å². The smallest absolute Gasteiger partial charge is 0.343 e. The van der Waals surface area contributed by atoms with E-state index in [1.54, 1.807) is 0 Å². The van der Waals surface area contributed by atoms with Crippen LogP contribution in [0.1, 0.15) is 129 Å². The van der Waals surface area contributed by atoms with E-state index in [1.165, 1.54) is 129 Å². The summed E-state index contributed by atoms with van der Waals surface area (Å²) < 4.78 is 8.26. The maximum Gasteiger partial charge on any atom is 0.343 e. The quantitative estimate of drug-likeness (QED) is 0.149. The number of hydrogen-bond donors (Lipinski definition) is 0. The second-order valence-corrected chi connectivity index (χ2v) is 26.3. The number of aromatic nitrogens is 1. The molecule has 0 N–H and O–H groups in total. The van der Waals surface area contributed by atoms with Crippen molar-refractivity contribution in [3.05, 3.63) is 160 Å². The van der Waals surface area contributed by atoms with Crippen LogP contribution in [-0.2, 0) is 27.1 Å². The van der Waals surface area contributed by atoms with Gasteiger partial charge in [-0.05, 0) is 115 Å². The number of rotatable bonds is 1. The van der Waals surface area contributed by atoms with Crippen molar-refractivity contribution in [2.24, 2.45) is 0 Å². The van der Waals surface area contributed by atoms with E-state index in [-0.39, 0.29) is 33.9 Å². The van der Waals surface area contributed by atoms with Crippen LogP contribution in [0.5, 0.6) is 0 Å². The highest BCUT2D eigenvalue weighted by atomic mass is 32.1. The lowest BCUT2D eigenvalue weighted by Gasteiger charge is -2.47. The summed E-state index contributed by atoms with van der Waals surface area (Å²) in [4.78, 5) is 2.78. The van der Waals surface area contributed by atoms with Gasteiger partial charge in [0.15, 0.2) is 0 Å². The van der Waals surface area contributed by atoms with Gasteiger partial charge in [-0.1, -0.05) is 157 Å². The van der Waals surface area contributed by atoms with Crippen LogP contribution in [0.3, 0.4) is 0 Å². The molecule has 1 aliphatic carbocycles. The fourth-order valence-corrected chi connectivity index (χ4v) is 15.1. The van der Waals surface area contributed by atoms with Crippen LogP contribution in [0.25, 0.3) is 68.9 Å². The standard InChI is InChI=1S/C62H59BN2S2/c1-58(2,3)34-22-26-37(27-23-34)65-47-33-45-44(61(10,11)42-19-15-16-20-43(42)62(45,12)13)32-40(47)52-53-55-50(51-38-18-14-17-21-48(38)66-56(51)52)39-30-35(59(4,5)6)24-28-46(39)64(55)54-41-31-36(60(7,8)9)25-29-49(41)67-57(54)63(53)65/h14-33H,1-13H3. The van der Waals surface area contributed by atoms with Crippen LogP contribution in [0.4, 0.5) is 11.4 Å². The van der Waals surface area contributed by atoms with Crippen molar-refractivity contribution in [2.45, 2.75) is 117 Å². The molecule has 0 spiro atoms. The van der Waals surface area contributed by atoms with E-state index in [4.69, 9.17) is 0 Å². The van der Waals surface area contributed by atoms with Crippen molar-refractivity contribution >= 4 is 103 Å². The highest BCUT2D eigenvalue weighted by Crippen LogP contribution is 2.58. The number of nitrogens with zero attached hydrogens (tertiary/aromatic N) is 2. The Labute approximate surface area is 404 Å². The second kappa shape index (κ2) is 13.1. The van der Waals surface area contributed by atoms with E-state index in [2.05, 4.69) is 221 Å². The molecule has 332 valence electrons. The van der Waals surface area contributed by atoms with Gasteiger partial charge in [0.1, 0.15) is 0 Å². The number of benzene rings is 7. The first-order chi connectivity index (χ1) is 31.7. The Bertz CT molecular complexity index is 3810. The zero-order valence-corrected chi connectivity index (χ0v) is 43.0. The molecule has 0 atom stereocenters. The van der Waals surface area contributed by atoms with Gasteiger partial charge in [0.2, 0.25) is 0 Å². The molecule has 0 radical (unpaired) electrons. The van der Waals surface area contributed by atoms with Crippen molar-refractivity contribution in [3.8, 4) is 16.8 Å². The lowest BCUT2D eigenvalue weighted by molar-refractivity contribution is 0.521. The Hall–Kier alpha value is -5.62. The third kappa shape index (κ3) is 5.45. The van der Waals surface area contributed by atoms with Gasteiger partial charge in [0.25, 0.3) is 0 Å². The molecule has 0 saturated heterocycles. The lowest BCUT2D eigenvalue weighted by Crippen LogP contribution is -2.59. The molecule has 2 aliphatic heterocycles. The predicted octanol–water partition coefficient (Wildman–Crippen LogP) is 16.5. The van der Waals surface area contributed by atoms with Crippen LogP contribution < -0.4 is 15.1 Å². The Balaban J connectivity index is 1.28. The van der Waals surface area contributed by atoms with Crippen molar-refractivity contribution in [1.29, 1.82) is 0 Å². The van der Waals surface area contributed by atoms with Crippen molar-refractivity contribution < 1.29 is 0 Å². The van der Waals surface area contributed by atoms with Gasteiger partial charge in [-0.25, -0.2) is 0 Å². The maximum atomic E-state index is 2.78. The van der Waals surface area contributed by atoms with Gasteiger partial charge in [-0.2, -0.15) is 0 Å². The Kier molecular flexibility index (Phi) is 8.14. The molecular weight excluding hydrogens is 848 g/mol. The van der Waals surface area contributed by atoms with E-state index < -0.39 is 0 Å². The molecule has 13 rings (SSSR count). The maximum absolute atomic E-state index is 2.78. The van der Waals surface area contributed by atoms with Crippen LogP contribution in [0, 0.1) is 0 Å². The molecule has 0 bridgehead atoms. The monoisotopic (exact) mass is 906 g/mol. The number of hydrogen-bond acceptors (Lipinski definition) is 3. The highest BCUT2D eigenvalue weighted by molar-refractivity contribution is 7.32. The Morgan fingerprint density at radius 1 is 0.507 bits per heavy atom. The third-order valence-corrected chi connectivity index (χ3v) is 18.7. The first-order valence-electron chi connectivity index (χ1n) is 24.4. The molecule has 2 nitrogen and oxygen atoms in total. The van der Waals surface area contributed by atoms with Gasteiger partial charge in [-0.3, -0.25) is 0 Å². The van der Waals surface area contributed by atoms with E-state index >= 15 is 0 Å². The highest BCUT2D eigenvalue weighted by Gasteiger charge is 2.50. The molecule has 5 heteroatoms. The second-order valence-electron chi connectivity index (χ2n) is 24.2. The van der Waals surface area contributed by atoms with Crippen molar-refractivity contribution in [2.75, 3.05) is 4.81 Å². The molecular formula is C62H59BN2S2. The summed E-state index contributed by atoms with van der Waals surface area (Å²) >= 11 is 4.01. The van der Waals surface area contributed by atoms with Crippen LogP contribution in [0.15, 0.2) is 121 Å². The predicted molar refractivity (Wildman–Crippen MR) is 295 cm³/mol. The van der Waals surface area contributed by atoms with E-state index in [0.29, 0.717) is 0 Å². The molecule has 10 aromatic rings. The molecule has 7 aromatic carbocycles. The average molecular weight is 907 g/mol. The third-order valence-electron chi connectivity index (χ3n) is 16.3. The minimum atomic E-state index is -0.203. The molecule has 67 heavy (non-hydrogen) atoms. The zero-order valence-electron chi connectivity index (χ0n) is 41.3. The SMILES string of the molecule is CC(C)(C)c1ccc(N2B3c4sc5ccc(C(C)(C)C)cc5c4-n4c5ccc(C(C)(C)C)cc5c5c6c(sc7ccccc76)c(c3c54)-c3cc4c(cc32)C(C)(C)c2ccccc2C4(C)C)cc1. The van der Waals surface area contributed by atoms with Gasteiger partial charge in [0, 0.05) is 79.1 Å². The fourth-order valence-electron chi connectivity index (χ4n) is 12.5. The Morgan fingerprint density at radius 2 is 1.07 bits per heavy atom. The van der Waals surface area contributed by atoms with E-state index in [1.807, 2.05) is 22.7 Å².